The van der Waals surface area contributed by atoms with E-state index in [2.05, 4.69) is 40.9 Å². The number of hydrogen-bond acceptors (Lipinski definition) is 4. The maximum atomic E-state index is 5.82. The molecule has 2 rings (SSSR count). The van der Waals surface area contributed by atoms with E-state index >= 15 is 0 Å². The predicted molar refractivity (Wildman–Crippen MR) is 80.5 cm³/mol. The second kappa shape index (κ2) is 6.35. The smallest absolute Gasteiger partial charge is 0.128 e. The van der Waals surface area contributed by atoms with Crippen LogP contribution in [0.15, 0.2) is 18.3 Å². The van der Waals surface area contributed by atoms with Crippen molar-refractivity contribution in [3.8, 4) is 0 Å². The minimum atomic E-state index is 0.193. The third kappa shape index (κ3) is 3.91. The normalized spacial score (nSPS) is 23.2. The fourth-order valence-electron chi connectivity index (χ4n) is 2.79. The van der Waals surface area contributed by atoms with E-state index in [1.54, 1.807) is 0 Å². The lowest BCUT2D eigenvalue weighted by atomic mass is 10.1. The molecule has 2 unspecified atom stereocenters. The minimum absolute atomic E-state index is 0.193. The van der Waals surface area contributed by atoms with Gasteiger partial charge in [-0.2, -0.15) is 0 Å². The molecule has 4 heteroatoms. The Morgan fingerprint density at radius 2 is 2.21 bits per heavy atom. The summed E-state index contributed by atoms with van der Waals surface area (Å²) >= 11 is 0. The van der Waals surface area contributed by atoms with Crippen molar-refractivity contribution in [2.45, 2.75) is 38.8 Å². The molecule has 0 radical (unpaired) electrons. The average Bonchev–Trinajstić information content (AvgIpc) is 2.50. The molecule has 2 N–H and O–H groups in total. The number of nitrogens with two attached hydrogens (primary N) is 1. The summed E-state index contributed by atoms with van der Waals surface area (Å²) in [7, 11) is 2.19. The SMILES string of the molecule is CC(N)Cc1ccc(N2CCCN(C)CC2C)nc1. The molecule has 106 valence electrons. The van der Waals surface area contributed by atoms with Crippen molar-refractivity contribution in [2.75, 3.05) is 31.6 Å². The number of hydrogen-bond donors (Lipinski definition) is 1. The monoisotopic (exact) mass is 262 g/mol. The average molecular weight is 262 g/mol. The summed E-state index contributed by atoms with van der Waals surface area (Å²) in [5.41, 5.74) is 7.04. The Kier molecular flexibility index (Phi) is 4.77. The van der Waals surface area contributed by atoms with E-state index in [0.717, 1.165) is 25.3 Å². The Morgan fingerprint density at radius 3 is 2.84 bits per heavy atom. The molecule has 2 heterocycles. The first-order valence-electron chi connectivity index (χ1n) is 7.22. The molecular weight excluding hydrogens is 236 g/mol. The van der Waals surface area contributed by atoms with E-state index in [-0.39, 0.29) is 6.04 Å². The van der Waals surface area contributed by atoms with Crippen LogP contribution in [0.2, 0.25) is 0 Å². The van der Waals surface area contributed by atoms with Crippen LogP contribution in [0.25, 0.3) is 0 Å². The zero-order chi connectivity index (χ0) is 13.8. The fraction of sp³-hybridized carbons (Fsp3) is 0.667. The second-order valence-corrected chi connectivity index (χ2v) is 5.86. The molecule has 1 saturated heterocycles. The van der Waals surface area contributed by atoms with E-state index in [4.69, 9.17) is 5.73 Å². The summed E-state index contributed by atoms with van der Waals surface area (Å²) in [6.45, 7) is 7.66. The molecule has 0 spiro atoms. The number of aromatic nitrogens is 1. The van der Waals surface area contributed by atoms with Crippen molar-refractivity contribution in [3.63, 3.8) is 0 Å². The van der Waals surface area contributed by atoms with Crippen molar-refractivity contribution in [3.05, 3.63) is 23.9 Å². The summed E-state index contributed by atoms with van der Waals surface area (Å²) < 4.78 is 0. The van der Waals surface area contributed by atoms with Gasteiger partial charge in [-0.25, -0.2) is 4.98 Å². The van der Waals surface area contributed by atoms with E-state index in [0.29, 0.717) is 6.04 Å². The quantitative estimate of drug-likeness (QED) is 0.897. The highest BCUT2D eigenvalue weighted by Gasteiger charge is 2.20. The topological polar surface area (TPSA) is 45.4 Å². The van der Waals surface area contributed by atoms with Crippen LogP contribution in [0.5, 0.6) is 0 Å². The summed E-state index contributed by atoms with van der Waals surface area (Å²) in [5, 5.41) is 0. The van der Waals surface area contributed by atoms with Crippen LogP contribution < -0.4 is 10.6 Å². The Bertz CT molecular complexity index is 388. The van der Waals surface area contributed by atoms with Crippen molar-refractivity contribution in [1.29, 1.82) is 0 Å². The minimum Gasteiger partial charge on any atom is -0.353 e. The van der Waals surface area contributed by atoms with Crippen LogP contribution in [-0.4, -0.2) is 48.6 Å². The van der Waals surface area contributed by atoms with Crippen molar-refractivity contribution in [2.24, 2.45) is 5.73 Å². The predicted octanol–water partition coefficient (Wildman–Crippen LogP) is 1.50. The van der Waals surface area contributed by atoms with Gasteiger partial charge < -0.3 is 15.5 Å². The molecule has 0 saturated carbocycles. The number of anilines is 1. The standard InChI is InChI=1S/C15H26N4/c1-12(16)9-14-5-6-15(17-10-14)19-8-4-7-18(3)11-13(19)2/h5-6,10,12-13H,4,7-9,11,16H2,1-3H3. The third-order valence-electron chi connectivity index (χ3n) is 3.71. The van der Waals surface area contributed by atoms with Crippen LogP contribution in [0, 0.1) is 0 Å². The first-order valence-corrected chi connectivity index (χ1v) is 7.22. The Hall–Kier alpha value is -1.13. The molecule has 4 nitrogen and oxygen atoms in total. The van der Waals surface area contributed by atoms with Gasteiger partial charge in [-0.15, -0.1) is 0 Å². The van der Waals surface area contributed by atoms with E-state index < -0.39 is 0 Å². The second-order valence-electron chi connectivity index (χ2n) is 5.86. The summed E-state index contributed by atoms with van der Waals surface area (Å²) in [6.07, 6.45) is 4.07. The maximum Gasteiger partial charge on any atom is 0.128 e. The van der Waals surface area contributed by atoms with Crippen molar-refractivity contribution in [1.82, 2.24) is 9.88 Å². The van der Waals surface area contributed by atoms with Crippen molar-refractivity contribution >= 4 is 5.82 Å². The lowest BCUT2D eigenvalue weighted by Gasteiger charge is -2.29. The largest absolute Gasteiger partial charge is 0.353 e. The number of pyridine rings is 1. The molecule has 19 heavy (non-hydrogen) atoms. The van der Waals surface area contributed by atoms with Crippen LogP contribution in [-0.2, 0) is 6.42 Å². The van der Waals surface area contributed by atoms with Gasteiger partial charge in [0.05, 0.1) is 0 Å². The number of likely N-dealkylation sites (N-methyl/N-ethyl adjacent to an activating group) is 1. The molecule has 0 aliphatic carbocycles. The van der Waals surface area contributed by atoms with Crippen LogP contribution >= 0.6 is 0 Å². The van der Waals surface area contributed by atoms with Crippen LogP contribution in [0.4, 0.5) is 5.82 Å². The molecule has 0 bridgehead atoms. The molecule has 1 aromatic rings. The molecule has 0 aromatic carbocycles. The highest BCUT2D eigenvalue weighted by Crippen LogP contribution is 2.18. The molecule has 1 aromatic heterocycles. The number of rotatable bonds is 3. The van der Waals surface area contributed by atoms with E-state index in [1.807, 2.05) is 13.1 Å². The zero-order valence-corrected chi connectivity index (χ0v) is 12.3. The van der Waals surface area contributed by atoms with Crippen LogP contribution in [0.1, 0.15) is 25.8 Å². The van der Waals surface area contributed by atoms with Crippen molar-refractivity contribution < 1.29 is 0 Å². The molecule has 1 fully saturated rings. The molecule has 2 atom stereocenters. The molecule has 0 amide bonds. The van der Waals surface area contributed by atoms with Gasteiger partial charge in [0.2, 0.25) is 0 Å². The molecular formula is C15H26N4. The Balaban J connectivity index is 2.08. The van der Waals surface area contributed by atoms with Gasteiger partial charge >= 0.3 is 0 Å². The summed E-state index contributed by atoms with van der Waals surface area (Å²) in [5.74, 6) is 1.09. The first kappa shape index (κ1) is 14.3. The summed E-state index contributed by atoms with van der Waals surface area (Å²) in [4.78, 5) is 9.44. The van der Waals surface area contributed by atoms with Gasteiger partial charge in [0, 0.05) is 31.4 Å². The van der Waals surface area contributed by atoms with Crippen LogP contribution in [0.3, 0.4) is 0 Å². The van der Waals surface area contributed by atoms with Gasteiger partial charge in [-0.3, -0.25) is 0 Å². The number of nitrogens with zero attached hydrogens (tertiary/aromatic N) is 3. The highest BCUT2D eigenvalue weighted by atomic mass is 15.3. The highest BCUT2D eigenvalue weighted by molar-refractivity contribution is 5.41. The van der Waals surface area contributed by atoms with Gasteiger partial charge in [0.15, 0.2) is 0 Å². The molecule has 1 aliphatic rings. The third-order valence-corrected chi connectivity index (χ3v) is 3.71. The Morgan fingerprint density at radius 1 is 1.42 bits per heavy atom. The van der Waals surface area contributed by atoms with Gasteiger partial charge in [0.1, 0.15) is 5.82 Å². The first-order chi connectivity index (χ1) is 9.06. The van der Waals surface area contributed by atoms with Gasteiger partial charge in [-0.05, 0) is 51.9 Å². The Labute approximate surface area is 116 Å². The van der Waals surface area contributed by atoms with Gasteiger partial charge in [0.25, 0.3) is 0 Å². The fourth-order valence-corrected chi connectivity index (χ4v) is 2.79. The molecule has 1 aliphatic heterocycles. The lowest BCUT2D eigenvalue weighted by Crippen LogP contribution is -2.38. The van der Waals surface area contributed by atoms with E-state index in [1.165, 1.54) is 18.5 Å². The van der Waals surface area contributed by atoms with E-state index in [9.17, 15) is 0 Å². The zero-order valence-electron chi connectivity index (χ0n) is 12.3. The lowest BCUT2D eigenvalue weighted by molar-refractivity contribution is 0.337. The maximum absolute atomic E-state index is 5.82. The van der Waals surface area contributed by atoms with Gasteiger partial charge in [-0.1, -0.05) is 6.07 Å². The summed E-state index contributed by atoms with van der Waals surface area (Å²) in [6, 6.07) is 5.00.